The van der Waals surface area contributed by atoms with Crippen molar-refractivity contribution in [1.82, 2.24) is 34.5 Å². The number of carbonyl (C=O) groups excluding carboxylic acids is 2. The first-order chi connectivity index (χ1) is 41.5. The van der Waals surface area contributed by atoms with Crippen molar-refractivity contribution in [3.8, 4) is 107 Å². The van der Waals surface area contributed by atoms with E-state index in [1.807, 2.05) is 224 Å². The van der Waals surface area contributed by atoms with E-state index >= 15 is 9.59 Å². The molecule has 1 aliphatic heterocycles. The predicted octanol–water partition coefficient (Wildman–Crippen LogP) is 17.0. The molecule has 0 spiro atoms. The van der Waals surface area contributed by atoms with E-state index in [4.69, 9.17) is 29.9 Å². The van der Waals surface area contributed by atoms with Gasteiger partial charge < -0.3 is 4.57 Å². The van der Waals surface area contributed by atoms with Crippen LogP contribution in [0, 0.1) is 0 Å². The molecule has 4 heterocycles. The standard InChI is InChI=1S/C74H46N8O2/c83-73-59-37-22-38-62(65(59)74(84)82(73)66-60(48-25-10-2-11-26-48)43-56(47-23-8-1-9-24-47)44-61(66)49-27-12-3-13-28-49)81-63-45-54(71-77-67(50-29-14-4-15-30-50)75-68(78-71)51-31-16-5-17-32-51)39-41-57(63)58-42-40-55(46-64(58)81)72-79-69(52-33-18-6-19-34-52)76-70(80-72)53-35-20-7-21-36-53/h1-46H. The predicted molar refractivity (Wildman–Crippen MR) is 334 cm³/mol. The number of nitrogens with zero attached hydrogens (tertiary/aromatic N) is 8. The Labute approximate surface area is 483 Å². The molecule has 0 atom stereocenters. The van der Waals surface area contributed by atoms with Crippen LogP contribution < -0.4 is 4.90 Å². The summed E-state index contributed by atoms with van der Waals surface area (Å²) in [5, 5.41) is 1.79. The summed E-state index contributed by atoms with van der Waals surface area (Å²) >= 11 is 0. The van der Waals surface area contributed by atoms with Crippen molar-refractivity contribution in [3.63, 3.8) is 0 Å². The minimum atomic E-state index is -0.454. The van der Waals surface area contributed by atoms with Gasteiger partial charge in [0, 0.05) is 55.3 Å². The highest BCUT2D eigenvalue weighted by atomic mass is 16.2. The number of hydrogen-bond acceptors (Lipinski definition) is 8. The normalized spacial score (nSPS) is 12.1. The third-order valence-corrected chi connectivity index (χ3v) is 15.4. The van der Waals surface area contributed by atoms with Crippen LogP contribution in [0.5, 0.6) is 0 Å². The Hall–Kier alpha value is -11.6. The maximum Gasteiger partial charge on any atom is 0.268 e. The average Bonchev–Trinajstić information content (AvgIpc) is 3.99. The largest absolute Gasteiger partial charge is 0.308 e. The van der Waals surface area contributed by atoms with E-state index in [9.17, 15) is 0 Å². The molecule has 84 heavy (non-hydrogen) atoms. The van der Waals surface area contributed by atoms with Crippen molar-refractivity contribution in [2.24, 2.45) is 0 Å². The molecular weight excluding hydrogens is 1030 g/mol. The van der Waals surface area contributed by atoms with Gasteiger partial charge in [-0.3, -0.25) is 9.59 Å². The van der Waals surface area contributed by atoms with Crippen molar-refractivity contribution in [2.45, 2.75) is 0 Å². The minimum Gasteiger partial charge on any atom is -0.308 e. The summed E-state index contributed by atoms with van der Waals surface area (Å²) in [5.74, 6) is 2.15. The lowest BCUT2D eigenvalue weighted by atomic mass is 9.90. The van der Waals surface area contributed by atoms with E-state index in [0.29, 0.717) is 46.3 Å². The van der Waals surface area contributed by atoms with Crippen LogP contribution in [0.25, 0.3) is 129 Å². The van der Waals surface area contributed by atoms with Gasteiger partial charge in [-0.15, -0.1) is 0 Å². The Kier molecular flexibility index (Phi) is 12.2. The van der Waals surface area contributed by atoms with Gasteiger partial charge in [0.25, 0.3) is 11.8 Å². The maximum absolute atomic E-state index is 16.2. The molecule has 394 valence electrons. The van der Waals surface area contributed by atoms with E-state index in [-0.39, 0.29) is 11.1 Å². The van der Waals surface area contributed by atoms with Crippen LogP contribution in [-0.2, 0) is 0 Å². The van der Waals surface area contributed by atoms with E-state index in [0.717, 1.165) is 88.6 Å². The van der Waals surface area contributed by atoms with Crippen LogP contribution in [0.4, 0.5) is 5.69 Å². The lowest BCUT2D eigenvalue weighted by Crippen LogP contribution is -2.30. The van der Waals surface area contributed by atoms with Crippen LogP contribution in [0.15, 0.2) is 279 Å². The second kappa shape index (κ2) is 20.8. The fourth-order valence-corrected chi connectivity index (χ4v) is 11.4. The number of carbonyl (C=O) groups is 2. The minimum absolute atomic E-state index is 0.262. The molecule has 0 radical (unpaired) electrons. The highest BCUT2D eigenvalue weighted by Gasteiger charge is 2.42. The molecule has 0 N–H and O–H groups in total. The second-order valence-electron chi connectivity index (χ2n) is 20.5. The summed E-state index contributed by atoms with van der Waals surface area (Å²) < 4.78 is 2.09. The van der Waals surface area contributed by atoms with Crippen molar-refractivity contribution in [3.05, 3.63) is 290 Å². The molecule has 15 rings (SSSR count). The summed E-state index contributed by atoms with van der Waals surface area (Å²) in [6.45, 7) is 0. The molecule has 0 saturated carbocycles. The van der Waals surface area contributed by atoms with Gasteiger partial charge in [0.15, 0.2) is 34.9 Å². The first-order valence-electron chi connectivity index (χ1n) is 27.7. The number of amides is 2. The topological polar surface area (TPSA) is 120 Å². The average molecular weight is 1080 g/mol. The molecular formula is C74H46N8O2. The van der Waals surface area contributed by atoms with Crippen LogP contribution in [-0.4, -0.2) is 46.3 Å². The highest BCUT2D eigenvalue weighted by molar-refractivity contribution is 6.37. The monoisotopic (exact) mass is 1080 g/mol. The molecule has 11 aromatic carbocycles. The molecule has 10 nitrogen and oxygen atoms in total. The molecule has 0 aliphatic carbocycles. The number of anilines is 1. The zero-order valence-electron chi connectivity index (χ0n) is 45.0. The Morgan fingerprint density at radius 1 is 0.250 bits per heavy atom. The van der Waals surface area contributed by atoms with Gasteiger partial charge in [-0.05, 0) is 58.7 Å². The number of aromatic nitrogens is 7. The molecule has 3 aromatic heterocycles. The smallest absolute Gasteiger partial charge is 0.268 e. The third-order valence-electron chi connectivity index (χ3n) is 15.4. The number of hydrogen-bond donors (Lipinski definition) is 0. The number of rotatable bonds is 11. The van der Waals surface area contributed by atoms with Gasteiger partial charge in [0.1, 0.15) is 0 Å². The van der Waals surface area contributed by atoms with Crippen LogP contribution >= 0.6 is 0 Å². The molecule has 0 bridgehead atoms. The van der Waals surface area contributed by atoms with E-state index < -0.39 is 11.8 Å². The second-order valence-corrected chi connectivity index (χ2v) is 20.5. The molecule has 0 saturated heterocycles. The van der Waals surface area contributed by atoms with Gasteiger partial charge in [-0.25, -0.2) is 34.8 Å². The van der Waals surface area contributed by atoms with Gasteiger partial charge in [-0.2, -0.15) is 0 Å². The lowest BCUT2D eigenvalue weighted by molar-refractivity contribution is 0.0926. The SMILES string of the molecule is O=C1c2cccc(-n3c4cc(-c5nc(-c6ccccc6)nc(-c6ccccc6)n5)ccc4c4ccc(-c5nc(-c6ccccc6)nc(-c6ccccc6)n5)cc43)c2C(=O)N1c1c(-c2ccccc2)cc(-c2ccccc2)cc1-c1ccccc1. The Morgan fingerprint density at radius 2 is 0.583 bits per heavy atom. The molecule has 10 heteroatoms. The number of imide groups is 1. The van der Waals surface area contributed by atoms with E-state index in [2.05, 4.69) is 53.1 Å². The number of fused-ring (bicyclic) bond motifs is 4. The molecule has 2 amide bonds. The van der Waals surface area contributed by atoms with E-state index in [1.54, 1.807) is 6.07 Å². The Balaban J connectivity index is 0.975. The molecule has 1 aliphatic rings. The van der Waals surface area contributed by atoms with Gasteiger partial charge in [0.05, 0.1) is 33.5 Å². The molecule has 14 aromatic rings. The summed E-state index contributed by atoms with van der Waals surface area (Å²) in [7, 11) is 0. The Morgan fingerprint density at radius 3 is 0.952 bits per heavy atom. The van der Waals surface area contributed by atoms with Crippen molar-refractivity contribution < 1.29 is 9.59 Å². The highest BCUT2D eigenvalue weighted by Crippen LogP contribution is 2.47. The van der Waals surface area contributed by atoms with Crippen LogP contribution in [0.3, 0.4) is 0 Å². The summed E-state index contributed by atoms with van der Waals surface area (Å²) in [6, 6.07) is 91.8. The molecule has 0 fully saturated rings. The maximum atomic E-state index is 16.2. The van der Waals surface area contributed by atoms with Crippen molar-refractivity contribution in [1.29, 1.82) is 0 Å². The third kappa shape index (κ3) is 8.78. The quantitative estimate of drug-likeness (QED) is 0.117. The first kappa shape index (κ1) is 49.4. The zero-order valence-corrected chi connectivity index (χ0v) is 45.0. The van der Waals surface area contributed by atoms with Crippen molar-refractivity contribution >= 4 is 39.3 Å². The van der Waals surface area contributed by atoms with Crippen molar-refractivity contribution in [2.75, 3.05) is 4.90 Å². The van der Waals surface area contributed by atoms with Gasteiger partial charge in [0.2, 0.25) is 0 Å². The first-order valence-corrected chi connectivity index (χ1v) is 27.7. The number of benzene rings is 11. The summed E-state index contributed by atoms with van der Waals surface area (Å²) in [6.07, 6.45) is 0. The lowest BCUT2D eigenvalue weighted by Gasteiger charge is -2.24. The zero-order chi connectivity index (χ0) is 56.1. The van der Waals surface area contributed by atoms with Crippen LogP contribution in [0.2, 0.25) is 0 Å². The van der Waals surface area contributed by atoms with E-state index in [1.165, 1.54) is 4.90 Å². The van der Waals surface area contributed by atoms with Gasteiger partial charge >= 0.3 is 0 Å². The van der Waals surface area contributed by atoms with Crippen LogP contribution in [0.1, 0.15) is 20.7 Å². The summed E-state index contributed by atoms with van der Waals surface area (Å²) in [4.78, 5) is 63.9. The Bertz CT molecular complexity index is 4490. The molecule has 0 unspecified atom stereocenters. The fraction of sp³-hybridized carbons (Fsp3) is 0. The summed E-state index contributed by atoms with van der Waals surface area (Å²) in [5.41, 5.74) is 13.0. The fourth-order valence-electron chi connectivity index (χ4n) is 11.4. The van der Waals surface area contributed by atoms with Gasteiger partial charge in [-0.1, -0.05) is 243 Å².